The van der Waals surface area contributed by atoms with Crippen LogP contribution in [-0.2, 0) is 0 Å². The van der Waals surface area contributed by atoms with Gasteiger partial charge in [0.2, 0.25) is 11.7 Å². The van der Waals surface area contributed by atoms with Crippen molar-refractivity contribution in [3.8, 4) is 11.4 Å². The van der Waals surface area contributed by atoms with Crippen molar-refractivity contribution in [2.24, 2.45) is 0 Å². The Hall–Kier alpha value is -1.38. The van der Waals surface area contributed by atoms with Crippen molar-refractivity contribution in [2.45, 2.75) is 20.9 Å². The molecule has 0 saturated heterocycles. The molecule has 108 valence electrons. The summed E-state index contributed by atoms with van der Waals surface area (Å²) in [4.78, 5) is 4.46. The molecule has 0 amide bonds. The molecule has 21 heavy (non-hydrogen) atoms. The highest BCUT2D eigenvalue weighted by molar-refractivity contribution is 8.03. The van der Waals surface area contributed by atoms with E-state index >= 15 is 0 Å². The van der Waals surface area contributed by atoms with Gasteiger partial charge in [-0.1, -0.05) is 70.3 Å². The highest BCUT2D eigenvalue weighted by Crippen LogP contribution is 2.37. The van der Waals surface area contributed by atoms with Crippen LogP contribution in [-0.4, -0.2) is 26.6 Å². The minimum atomic E-state index is 0.0395. The smallest absolute Gasteiger partial charge is 0.240 e. The normalized spacial score (nSPS) is 12.5. The van der Waals surface area contributed by atoms with Crippen LogP contribution in [0.3, 0.4) is 0 Å². The molecule has 0 aliphatic rings. The molecule has 0 bridgehead atoms. The van der Waals surface area contributed by atoms with E-state index in [4.69, 9.17) is 4.52 Å². The van der Waals surface area contributed by atoms with Gasteiger partial charge < -0.3 is 4.52 Å². The van der Waals surface area contributed by atoms with Crippen LogP contribution >= 0.6 is 34.9 Å². The first kappa shape index (κ1) is 14.6. The molecule has 1 atom stereocenters. The Bertz CT molecular complexity index is 713. The van der Waals surface area contributed by atoms with Gasteiger partial charge in [-0.3, -0.25) is 0 Å². The standard InChI is InChI=1S/C13H12N4OS3/c1-8(20-13-16-15-12(19-2)21-13)11-14-10(17-18-11)9-6-4-3-5-7-9/h3-8H,1-2H3. The Morgan fingerprint density at radius 2 is 1.90 bits per heavy atom. The number of hydrogen-bond donors (Lipinski definition) is 0. The summed E-state index contributed by atoms with van der Waals surface area (Å²) in [5, 5.41) is 12.3. The topological polar surface area (TPSA) is 64.7 Å². The van der Waals surface area contributed by atoms with E-state index in [0.717, 1.165) is 14.2 Å². The van der Waals surface area contributed by atoms with E-state index in [1.165, 1.54) is 0 Å². The predicted octanol–water partition coefficient (Wildman–Crippen LogP) is 4.16. The number of hydrogen-bond acceptors (Lipinski definition) is 8. The van der Waals surface area contributed by atoms with Gasteiger partial charge in [0.25, 0.3) is 0 Å². The number of aromatic nitrogens is 4. The van der Waals surface area contributed by atoms with Gasteiger partial charge in [-0.05, 0) is 13.2 Å². The molecule has 0 aliphatic heterocycles. The molecule has 1 unspecified atom stereocenters. The quantitative estimate of drug-likeness (QED) is 0.648. The van der Waals surface area contributed by atoms with Crippen LogP contribution in [0.4, 0.5) is 0 Å². The first-order chi connectivity index (χ1) is 10.3. The molecule has 0 fully saturated rings. The van der Waals surface area contributed by atoms with Crippen molar-refractivity contribution in [1.29, 1.82) is 0 Å². The second-order valence-electron chi connectivity index (χ2n) is 4.12. The van der Waals surface area contributed by atoms with Crippen LogP contribution in [0.2, 0.25) is 0 Å². The van der Waals surface area contributed by atoms with Gasteiger partial charge in [0.1, 0.15) is 0 Å². The monoisotopic (exact) mass is 336 g/mol. The number of benzene rings is 1. The summed E-state index contributed by atoms with van der Waals surface area (Å²) < 4.78 is 7.22. The lowest BCUT2D eigenvalue weighted by Crippen LogP contribution is -1.88. The Balaban J connectivity index is 1.73. The van der Waals surface area contributed by atoms with Crippen LogP contribution in [0.5, 0.6) is 0 Å². The summed E-state index contributed by atoms with van der Waals surface area (Å²) in [5.41, 5.74) is 0.949. The maximum atomic E-state index is 5.36. The van der Waals surface area contributed by atoms with Crippen LogP contribution in [0.15, 0.2) is 43.5 Å². The fourth-order valence-corrected chi connectivity index (χ4v) is 4.25. The Kier molecular flexibility index (Phi) is 4.57. The molecule has 2 aromatic heterocycles. The Morgan fingerprint density at radius 1 is 1.14 bits per heavy atom. The molecule has 0 radical (unpaired) electrons. The average molecular weight is 336 g/mol. The van der Waals surface area contributed by atoms with Gasteiger partial charge in [0.15, 0.2) is 8.68 Å². The fourth-order valence-electron chi connectivity index (χ4n) is 1.63. The van der Waals surface area contributed by atoms with Gasteiger partial charge in [-0.2, -0.15) is 4.98 Å². The highest BCUT2D eigenvalue weighted by atomic mass is 32.2. The zero-order valence-electron chi connectivity index (χ0n) is 11.4. The summed E-state index contributed by atoms with van der Waals surface area (Å²) in [7, 11) is 0. The first-order valence-corrected chi connectivity index (χ1v) is 9.11. The third-order valence-corrected chi connectivity index (χ3v) is 5.73. The van der Waals surface area contributed by atoms with Crippen molar-refractivity contribution >= 4 is 34.9 Å². The Labute approximate surface area is 134 Å². The minimum Gasteiger partial charge on any atom is -0.338 e. The van der Waals surface area contributed by atoms with E-state index in [-0.39, 0.29) is 5.25 Å². The molecular weight excluding hydrogens is 324 g/mol. The summed E-state index contributed by atoms with van der Waals surface area (Å²) in [5.74, 6) is 1.21. The van der Waals surface area contributed by atoms with E-state index in [1.807, 2.05) is 43.5 Å². The maximum Gasteiger partial charge on any atom is 0.240 e. The van der Waals surface area contributed by atoms with Gasteiger partial charge in [-0.15, -0.1) is 10.2 Å². The van der Waals surface area contributed by atoms with Crippen molar-refractivity contribution in [3.05, 3.63) is 36.2 Å². The lowest BCUT2D eigenvalue weighted by Gasteiger charge is -2.01. The van der Waals surface area contributed by atoms with Crippen LogP contribution < -0.4 is 0 Å². The van der Waals surface area contributed by atoms with Crippen LogP contribution in [0.25, 0.3) is 11.4 Å². The molecule has 0 aliphatic carbocycles. The zero-order chi connectivity index (χ0) is 14.7. The summed E-state index contributed by atoms with van der Waals surface area (Å²) in [6.45, 7) is 2.02. The summed E-state index contributed by atoms with van der Waals surface area (Å²) in [6.07, 6.45) is 1.99. The predicted molar refractivity (Wildman–Crippen MR) is 85.7 cm³/mol. The molecule has 0 saturated carbocycles. The SMILES string of the molecule is CSc1nnc(SC(C)c2nc(-c3ccccc3)no2)s1. The van der Waals surface area contributed by atoms with Crippen LogP contribution in [0, 0.1) is 0 Å². The zero-order valence-corrected chi connectivity index (χ0v) is 13.8. The lowest BCUT2D eigenvalue weighted by atomic mass is 10.2. The van der Waals surface area contributed by atoms with Crippen molar-refractivity contribution < 1.29 is 4.52 Å². The highest BCUT2D eigenvalue weighted by Gasteiger charge is 2.18. The molecule has 0 N–H and O–H groups in total. The van der Waals surface area contributed by atoms with Crippen molar-refractivity contribution in [2.75, 3.05) is 6.26 Å². The fraction of sp³-hybridized carbons (Fsp3) is 0.231. The second kappa shape index (κ2) is 6.59. The third-order valence-electron chi connectivity index (χ3n) is 2.66. The maximum absolute atomic E-state index is 5.36. The molecular formula is C13H12N4OS3. The van der Waals surface area contributed by atoms with Crippen molar-refractivity contribution in [1.82, 2.24) is 20.3 Å². The second-order valence-corrected chi connectivity index (χ2v) is 7.74. The van der Waals surface area contributed by atoms with E-state index in [0.29, 0.717) is 11.7 Å². The lowest BCUT2D eigenvalue weighted by molar-refractivity contribution is 0.381. The van der Waals surface area contributed by atoms with Gasteiger partial charge in [-0.25, -0.2) is 0 Å². The summed E-state index contributed by atoms with van der Waals surface area (Å²) in [6, 6.07) is 9.79. The Morgan fingerprint density at radius 3 is 2.62 bits per heavy atom. The average Bonchev–Trinajstić information content (AvgIpc) is 3.17. The van der Waals surface area contributed by atoms with Crippen molar-refractivity contribution in [3.63, 3.8) is 0 Å². The van der Waals surface area contributed by atoms with E-state index in [1.54, 1.807) is 34.9 Å². The molecule has 8 heteroatoms. The first-order valence-electron chi connectivity index (χ1n) is 6.19. The van der Waals surface area contributed by atoms with Gasteiger partial charge in [0.05, 0.1) is 5.25 Å². The van der Waals surface area contributed by atoms with E-state index in [9.17, 15) is 0 Å². The van der Waals surface area contributed by atoms with Crippen LogP contribution in [0.1, 0.15) is 18.1 Å². The number of thioether (sulfide) groups is 2. The van der Waals surface area contributed by atoms with Gasteiger partial charge >= 0.3 is 0 Å². The van der Waals surface area contributed by atoms with E-state index < -0.39 is 0 Å². The van der Waals surface area contributed by atoms with E-state index in [2.05, 4.69) is 20.3 Å². The molecule has 1 aromatic carbocycles. The molecule has 3 rings (SSSR count). The third kappa shape index (κ3) is 3.45. The largest absolute Gasteiger partial charge is 0.338 e. The molecule has 0 spiro atoms. The molecule has 3 aromatic rings. The molecule has 5 nitrogen and oxygen atoms in total. The molecule has 2 heterocycles. The van der Waals surface area contributed by atoms with Gasteiger partial charge in [0, 0.05) is 5.56 Å². The summed E-state index contributed by atoms with van der Waals surface area (Å²) >= 11 is 4.74. The number of nitrogens with zero attached hydrogens (tertiary/aromatic N) is 4. The minimum absolute atomic E-state index is 0.0395. The number of rotatable bonds is 5.